The number of carbonyl (C=O) groups is 2. The lowest BCUT2D eigenvalue weighted by Crippen LogP contribution is -2.43. The number of likely N-dealkylation sites (tertiary alicyclic amines) is 1. The number of carbonyl (C=O) groups excluding carboxylic acids is 1. The highest BCUT2D eigenvalue weighted by molar-refractivity contribution is 6.01. The minimum Gasteiger partial charge on any atom is -0.496 e. The number of hydrogen-bond acceptors (Lipinski definition) is 3. The van der Waals surface area contributed by atoms with Gasteiger partial charge < -0.3 is 19.7 Å². The van der Waals surface area contributed by atoms with Crippen LogP contribution in [0.5, 0.6) is 5.75 Å². The highest BCUT2D eigenvalue weighted by Gasteiger charge is 2.49. The molecule has 2 N–H and O–H groups in total. The second-order valence-electron chi connectivity index (χ2n) is 6.70. The van der Waals surface area contributed by atoms with Crippen LogP contribution >= 0.6 is 0 Å². The predicted molar refractivity (Wildman–Crippen MR) is 88.1 cm³/mol. The van der Waals surface area contributed by atoms with Gasteiger partial charge in [0.2, 0.25) is 0 Å². The fourth-order valence-electron chi connectivity index (χ4n) is 4.41. The molecule has 24 heavy (non-hydrogen) atoms. The minimum absolute atomic E-state index is 0.0883. The van der Waals surface area contributed by atoms with Gasteiger partial charge in [0, 0.05) is 17.4 Å². The molecule has 6 heteroatoms. The Morgan fingerprint density at radius 2 is 2.17 bits per heavy atom. The Kier molecular flexibility index (Phi) is 3.48. The zero-order valence-corrected chi connectivity index (χ0v) is 13.5. The van der Waals surface area contributed by atoms with E-state index in [-0.39, 0.29) is 11.8 Å². The predicted octanol–water partition coefficient (Wildman–Crippen LogP) is 2.50. The van der Waals surface area contributed by atoms with Crippen molar-refractivity contribution in [1.29, 1.82) is 0 Å². The van der Waals surface area contributed by atoms with E-state index in [9.17, 15) is 14.7 Å². The van der Waals surface area contributed by atoms with Crippen LogP contribution < -0.4 is 4.74 Å². The van der Waals surface area contributed by atoms with E-state index in [1.807, 2.05) is 18.2 Å². The Morgan fingerprint density at radius 3 is 2.92 bits per heavy atom. The van der Waals surface area contributed by atoms with Crippen molar-refractivity contribution < 1.29 is 19.4 Å². The van der Waals surface area contributed by atoms with Crippen LogP contribution in [0, 0.1) is 11.8 Å². The van der Waals surface area contributed by atoms with Crippen molar-refractivity contribution >= 4 is 22.8 Å². The molecule has 3 atom stereocenters. The molecule has 2 aliphatic rings. The number of H-pyrrole nitrogens is 1. The van der Waals surface area contributed by atoms with E-state index in [2.05, 4.69) is 4.98 Å². The Bertz CT molecular complexity index is 812. The topological polar surface area (TPSA) is 82.6 Å². The molecule has 1 aromatic carbocycles. The molecular formula is C18H20N2O4. The number of nitrogens with zero attached hydrogens (tertiary/aromatic N) is 1. The molecule has 1 aliphatic carbocycles. The molecule has 1 aliphatic heterocycles. The summed E-state index contributed by atoms with van der Waals surface area (Å²) >= 11 is 0. The fourth-order valence-corrected chi connectivity index (χ4v) is 4.41. The molecule has 0 spiro atoms. The van der Waals surface area contributed by atoms with Crippen LogP contribution in [0.25, 0.3) is 10.9 Å². The van der Waals surface area contributed by atoms with E-state index in [4.69, 9.17) is 4.74 Å². The number of amides is 1. The summed E-state index contributed by atoms with van der Waals surface area (Å²) in [5.74, 6) is -0.0447. The van der Waals surface area contributed by atoms with E-state index < -0.39 is 12.0 Å². The number of ether oxygens (including phenoxy) is 1. The monoisotopic (exact) mass is 328 g/mol. The number of carboxylic acid groups (broad SMARTS) is 1. The summed E-state index contributed by atoms with van der Waals surface area (Å²) in [6.07, 6.45) is 2.97. The van der Waals surface area contributed by atoms with Crippen molar-refractivity contribution in [2.45, 2.75) is 25.3 Å². The maximum absolute atomic E-state index is 13.0. The summed E-state index contributed by atoms with van der Waals surface area (Å²) in [5, 5.41) is 10.5. The van der Waals surface area contributed by atoms with Crippen LogP contribution in [-0.4, -0.2) is 46.6 Å². The van der Waals surface area contributed by atoms with E-state index in [0.29, 0.717) is 23.9 Å². The van der Waals surface area contributed by atoms with Gasteiger partial charge in [-0.15, -0.1) is 0 Å². The summed E-state index contributed by atoms with van der Waals surface area (Å²) in [6, 6.07) is 6.61. The summed E-state index contributed by atoms with van der Waals surface area (Å²) in [4.78, 5) is 29.3. The van der Waals surface area contributed by atoms with Gasteiger partial charge in [0.1, 0.15) is 17.5 Å². The number of benzene rings is 1. The third kappa shape index (κ3) is 2.17. The first kappa shape index (κ1) is 15.1. The van der Waals surface area contributed by atoms with Crippen molar-refractivity contribution in [3.05, 3.63) is 30.0 Å². The lowest BCUT2D eigenvalue weighted by atomic mass is 9.94. The Labute approximate surface area is 139 Å². The summed E-state index contributed by atoms with van der Waals surface area (Å²) in [7, 11) is 1.59. The Morgan fingerprint density at radius 1 is 1.33 bits per heavy atom. The first-order valence-corrected chi connectivity index (χ1v) is 8.29. The van der Waals surface area contributed by atoms with Gasteiger partial charge in [-0.3, -0.25) is 4.79 Å². The number of hydrogen-bond donors (Lipinski definition) is 2. The molecule has 3 unspecified atom stereocenters. The number of aromatic nitrogens is 1. The average molecular weight is 328 g/mol. The van der Waals surface area contributed by atoms with Crippen molar-refractivity contribution in [1.82, 2.24) is 9.88 Å². The first-order valence-electron chi connectivity index (χ1n) is 8.29. The van der Waals surface area contributed by atoms with Gasteiger partial charge >= 0.3 is 5.97 Å². The van der Waals surface area contributed by atoms with Gasteiger partial charge in [0.05, 0.1) is 7.11 Å². The maximum Gasteiger partial charge on any atom is 0.326 e. The summed E-state index contributed by atoms with van der Waals surface area (Å²) in [6.45, 7) is 0.535. The van der Waals surface area contributed by atoms with Gasteiger partial charge in [0.25, 0.3) is 5.91 Å². The molecule has 4 rings (SSSR count). The van der Waals surface area contributed by atoms with E-state index in [0.717, 1.165) is 30.2 Å². The number of carboxylic acids is 1. The minimum atomic E-state index is -0.897. The second kappa shape index (κ2) is 5.54. The van der Waals surface area contributed by atoms with E-state index in [1.54, 1.807) is 13.2 Å². The lowest BCUT2D eigenvalue weighted by molar-refractivity contribution is -0.142. The SMILES string of the molecule is COc1cccc2[nH]c(C(=O)N3CC4CCCC4C3C(=O)O)cc12. The fraction of sp³-hybridized carbons (Fsp3) is 0.444. The van der Waals surface area contributed by atoms with Crippen LogP contribution in [0.3, 0.4) is 0 Å². The normalized spacial score (nSPS) is 25.9. The Balaban J connectivity index is 1.69. The third-order valence-corrected chi connectivity index (χ3v) is 5.48. The molecule has 2 heterocycles. The van der Waals surface area contributed by atoms with Crippen molar-refractivity contribution in [2.75, 3.05) is 13.7 Å². The van der Waals surface area contributed by atoms with Crippen molar-refractivity contribution in [3.8, 4) is 5.75 Å². The van der Waals surface area contributed by atoms with Crippen LogP contribution in [0.2, 0.25) is 0 Å². The summed E-state index contributed by atoms with van der Waals surface area (Å²) in [5.41, 5.74) is 1.23. The molecule has 2 aromatic rings. The molecule has 2 fully saturated rings. The van der Waals surface area contributed by atoms with Crippen LogP contribution in [-0.2, 0) is 4.79 Å². The molecule has 0 radical (unpaired) electrons. The highest BCUT2D eigenvalue weighted by atomic mass is 16.5. The number of nitrogens with one attached hydrogen (secondary N) is 1. The highest BCUT2D eigenvalue weighted by Crippen LogP contribution is 2.42. The number of methoxy groups -OCH3 is 1. The lowest BCUT2D eigenvalue weighted by Gasteiger charge is -2.23. The zero-order valence-electron chi connectivity index (χ0n) is 13.5. The molecule has 1 saturated carbocycles. The molecular weight excluding hydrogens is 308 g/mol. The molecule has 1 amide bonds. The van der Waals surface area contributed by atoms with Crippen LogP contribution in [0.15, 0.2) is 24.3 Å². The molecule has 1 saturated heterocycles. The third-order valence-electron chi connectivity index (χ3n) is 5.48. The Hall–Kier alpha value is -2.50. The van der Waals surface area contributed by atoms with Gasteiger partial charge in [-0.1, -0.05) is 12.5 Å². The molecule has 6 nitrogen and oxygen atoms in total. The smallest absolute Gasteiger partial charge is 0.326 e. The van der Waals surface area contributed by atoms with E-state index >= 15 is 0 Å². The van der Waals surface area contributed by atoms with Gasteiger partial charge in [-0.05, 0) is 42.9 Å². The van der Waals surface area contributed by atoms with Crippen molar-refractivity contribution in [2.24, 2.45) is 11.8 Å². The quantitative estimate of drug-likeness (QED) is 0.907. The van der Waals surface area contributed by atoms with E-state index in [1.165, 1.54) is 4.90 Å². The maximum atomic E-state index is 13.0. The zero-order chi connectivity index (χ0) is 16.8. The number of rotatable bonds is 3. The van der Waals surface area contributed by atoms with Gasteiger partial charge in [-0.2, -0.15) is 0 Å². The summed E-state index contributed by atoms with van der Waals surface area (Å²) < 4.78 is 5.33. The van der Waals surface area contributed by atoms with Gasteiger partial charge in [-0.25, -0.2) is 4.79 Å². The first-order chi connectivity index (χ1) is 11.6. The number of aliphatic carboxylic acids is 1. The number of aromatic amines is 1. The standard InChI is InChI=1S/C18H20N2O4/c1-24-15-7-3-6-13-12(15)8-14(19-13)17(21)20-9-10-4-2-5-11(10)16(20)18(22)23/h3,6-8,10-11,16,19H,2,4-5,9H2,1H3,(H,22,23). The molecule has 126 valence electrons. The largest absolute Gasteiger partial charge is 0.496 e. The number of fused-ring (bicyclic) bond motifs is 2. The van der Waals surface area contributed by atoms with Crippen LogP contribution in [0.4, 0.5) is 0 Å². The van der Waals surface area contributed by atoms with Crippen molar-refractivity contribution in [3.63, 3.8) is 0 Å². The molecule has 1 aromatic heterocycles. The second-order valence-corrected chi connectivity index (χ2v) is 6.70. The average Bonchev–Trinajstić information content (AvgIpc) is 3.25. The van der Waals surface area contributed by atoms with Crippen LogP contribution in [0.1, 0.15) is 29.8 Å². The molecule has 0 bridgehead atoms. The van der Waals surface area contributed by atoms with Gasteiger partial charge in [0.15, 0.2) is 0 Å².